The number of benzene rings is 2. The Hall–Kier alpha value is -3.44. The first-order valence-electron chi connectivity index (χ1n) is 8.99. The van der Waals surface area contributed by atoms with E-state index in [0.717, 1.165) is 32.5 Å². The highest BCUT2D eigenvalue weighted by Crippen LogP contribution is 2.35. The Morgan fingerprint density at radius 3 is 2.43 bits per heavy atom. The molecule has 0 aliphatic rings. The number of aromatic nitrogens is 4. The van der Waals surface area contributed by atoms with Crippen molar-refractivity contribution in [3.63, 3.8) is 0 Å². The molecule has 0 aliphatic carbocycles. The third-order valence-corrected chi connectivity index (χ3v) is 5.80. The minimum Gasteiger partial charge on any atom is -0.253 e. The molecule has 0 spiro atoms. The molecule has 0 bridgehead atoms. The van der Waals surface area contributed by atoms with Crippen LogP contribution in [0.2, 0.25) is 0 Å². The van der Waals surface area contributed by atoms with E-state index in [-0.39, 0.29) is 0 Å². The molecule has 0 aliphatic heterocycles. The van der Waals surface area contributed by atoms with Gasteiger partial charge in [-0.1, -0.05) is 42.5 Å². The third-order valence-electron chi connectivity index (χ3n) is 4.58. The molecule has 0 fully saturated rings. The maximum atomic E-state index is 4.81. The fourth-order valence-corrected chi connectivity index (χ4v) is 4.22. The Morgan fingerprint density at radius 2 is 1.57 bits per heavy atom. The van der Waals surface area contributed by atoms with Gasteiger partial charge in [-0.2, -0.15) is 0 Å². The van der Waals surface area contributed by atoms with Gasteiger partial charge in [0.2, 0.25) is 0 Å². The SMILES string of the molecule is Cc1nc(-c2ccc3ccccc3c2)sc1-c1ccnc(-c2ccccn2)n1. The van der Waals surface area contributed by atoms with Crippen LogP contribution in [0.4, 0.5) is 0 Å². The molecule has 3 aromatic heterocycles. The predicted molar refractivity (Wildman–Crippen MR) is 114 cm³/mol. The summed E-state index contributed by atoms with van der Waals surface area (Å²) in [5.41, 5.74) is 3.73. The molecular formula is C23H16N4S. The zero-order chi connectivity index (χ0) is 18.9. The monoisotopic (exact) mass is 380 g/mol. The minimum absolute atomic E-state index is 0.623. The van der Waals surface area contributed by atoms with Crippen molar-refractivity contribution in [2.24, 2.45) is 0 Å². The lowest BCUT2D eigenvalue weighted by Gasteiger charge is -2.02. The zero-order valence-electron chi connectivity index (χ0n) is 15.2. The average molecular weight is 380 g/mol. The maximum absolute atomic E-state index is 4.81. The largest absolute Gasteiger partial charge is 0.253 e. The molecule has 134 valence electrons. The molecular weight excluding hydrogens is 364 g/mol. The molecule has 0 atom stereocenters. The molecule has 5 aromatic rings. The quantitative estimate of drug-likeness (QED) is 0.397. The fraction of sp³-hybridized carbons (Fsp3) is 0.0435. The number of pyridine rings is 1. The van der Waals surface area contributed by atoms with Crippen molar-refractivity contribution >= 4 is 22.1 Å². The van der Waals surface area contributed by atoms with Crippen LogP contribution in [0.1, 0.15) is 5.69 Å². The summed E-state index contributed by atoms with van der Waals surface area (Å²) < 4.78 is 0. The molecule has 0 amide bonds. The van der Waals surface area contributed by atoms with Crippen LogP contribution in [0.15, 0.2) is 79.1 Å². The number of fused-ring (bicyclic) bond motifs is 1. The van der Waals surface area contributed by atoms with E-state index >= 15 is 0 Å². The lowest BCUT2D eigenvalue weighted by molar-refractivity contribution is 1.14. The van der Waals surface area contributed by atoms with Crippen LogP contribution >= 0.6 is 11.3 Å². The molecule has 3 heterocycles. The smallest absolute Gasteiger partial charge is 0.178 e. The number of hydrogen-bond acceptors (Lipinski definition) is 5. The Balaban J connectivity index is 1.56. The van der Waals surface area contributed by atoms with Gasteiger partial charge in [-0.25, -0.2) is 15.0 Å². The van der Waals surface area contributed by atoms with E-state index in [2.05, 4.69) is 52.4 Å². The summed E-state index contributed by atoms with van der Waals surface area (Å²) in [5, 5.41) is 3.45. The van der Waals surface area contributed by atoms with E-state index in [0.29, 0.717) is 5.82 Å². The maximum Gasteiger partial charge on any atom is 0.178 e. The van der Waals surface area contributed by atoms with Crippen LogP contribution in [0, 0.1) is 6.92 Å². The van der Waals surface area contributed by atoms with E-state index in [9.17, 15) is 0 Å². The van der Waals surface area contributed by atoms with Crippen molar-refractivity contribution in [1.29, 1.82) is 0 Å². The van der Waals surface area contributed by atoms with E-state index in [4.69, 9.17) is 9.97 Å². The minimum atomic E-state index is 0.623. The molecule has 5 heteroatoms. The highest BCUT2D eigenvalue weighted by Gasteiger charge is 2.14. The lowest BCUT2D eigenvalue weighted by atomic mass is 10.1. The lowest BCUT2D eigenvalue weighted by Crippen LogP contribution is -1.93. The topological polar surface area (TPSA) is 51.6 Å². The second kappa shape index (κ2) is 6.94. The van der Waals surface area contributed by atoms with Crippen molar-refractivity contribution in [2.45, 2.75) is 6.92 Å². The zero-order valence-corrected chi connectivity index (χ0v) is 16.0. The van der Waals surface area contributed by atoms with Gasteiger partial charge in [0.15, 0.2) is 5.82 Å². The Morgan fingerprint density at radius 1 is 0.714 bits per heavy atom. The summed E-state index contributed by atoms with van der Waals surface area (Å²) in [4.78, 5) is 19.3. The number of aryl methyl sites for hydroxylation is 1. The molecule has 28 heavy (non-hydrogen) atoms. The van der Waals surface area contributed by atoms with Gasteiger partial charge in [0.25, 0.3) is 0 Å². The van der Waals surface area contributed by atoms with Crippen molar-refractivity contribution in [2.75, 3.05) is 0 Å². The summed E-state index contributed by atoms with van der Waals surface area (Å²) in [6, 6.07) is 22.5. The average Bonchev–Trinajstić information content (AvgIpc) is 3.16. The highest BCUT2D eigenvalue weighted by atomic mass is 32.1. The van der Waals surface area contributed by atoms with Gasteiger partial charge in [0.05, 0.1) is 16.3 Å². The summed E-state index contributed by atoms with van der Waals surface area (Å²) in [5.74, 6) is 0.623. The van der Waals surface area contributed by atoms with Gasteiger partial charge in [-0.3, -0.25) is 4.98 Å². The van der Waals surface area contributed by atoms with Crippen LogP contribution in [0.5, 0.6) is 0 Å². The van der Waals surface area contributed by atoms with E-state index in [1.807, 2.05) is 31.2 Å². The Kier molecular flexibility index (Phi) is 4.14. The normalized spacial score (nSPS) is 11.0. The summed E-state index contributed by atoms with van der Waals surface area (Å²) in [6.07, 6.45) is 3.53. The molecule has 0 saturated heterocycles. The standard InChI is InChI=1S/C23H16N4S/c1-15-21(19-11-13-25-22(27-19)20-8-4-5-12-24-20)28-23(26-15)18-10-9-16-6-2-3-7-17(16)14-18/h2-14H,1H3. The first-order chi connectivity index (χ1) is 13.8. The molecule has 0 saturated carbocycles. The van der Waals surface area contributed by atoms with Gasteiger partial charge in [-0.05, 0) is 42.0 Å². The number of nitrogens with zero attached hydrogens (tertiary/aromatic N) is 4. The summed E-state index contributed by atoms with van der Waals surface area (Å²) >= 11 is 1.66. The molecule has 4 nitrogen and oxygen atoms in total. The Bertz CT molecular complexity index is 1280. The second-order valence-corrected chi connectivity index (χ2v) is 7.48. The second-order valence-electron chi connectivity index (χ2n) is 6.48. The van der Waals surface area contributed by atoms with Crippen LogP contribution in [0.25, 0.3) is 43.4 Å². The van der Waals surface area contributed by atoms with E-state index in [1.54, 1.807) is 23.7 Å². The predicted octanol–water partition coefficient (Wildman–Crippen LogP) is 5.79. The van der Waals surface area contributed by atoms with Gasteiger partial charge in [-0.15, -0.1) is 11.3 Å². The van der Waals surface area contributed by atoms with Gasteiger partial charge in [0.1, 0.15) is 10.7 Å². The van der Waals surface area contributed by atoms with Crippen molar-refractivity contribution in [3.8, 4) is 32.7 Å². The molecule has 0 unspecified atom stereocenters. The van der Waals surface area contributed by atoms with Gasteiger partial charge >= 0.3 is 0 Å². The van der Waals surface area contributed by atoms with Crippen molar-refractivity contribution in [1.82, 2.24) is 19.9 Å². The number of thiazole rings is 1. The molecule has 0 radical (unpaired) electrons. The third kappa shape index (κ3) is 3.06. The van der Waals surface area contributed by atoms with Crippen LogP contribution < -0.4 is 0 Å². The molecule has 5 rings (SSSR count). The fourth-order valence-electron chi connectivity index (χ4n) is 3.18. The van der Waals surface area contributed by atoms with Crippen LogP contribution in [-0.2, 0) is 0 Å². The van der Waals surface area contributed by atoms with Gasteiger partial charge < -0.3 is 0 Å². The van der Waals surface area contributed by atoms with E-state index < -0.39 is 0 Å². The Labute approximate surface area is 166 Å². The van der Waals surface area contributed by atoms with Crippen molar-refractivity contribution in [3.05, 3.63) is 84.8 Å². The number of hydrogen-bond donors (Lipinski definition) is 0. The molecule has 2 aromatic carbocycles. The molecule has 0 N–H and O–H groups in total. The summed E-state index contributed by atoms with van der Waals surface area (Å²) in [6.45, 7) is 2.03. The van der Waals surface area contributed by atoms with Crippen LogP contribution in [0.3, 0.4) is 0 Å². The first-order valence-corrected chi connectivity index (χ1v) is 9.81. The summed E-state index contributed by atoms with van der Waals surface area (Å²) in [7, 11) is 0. The van der Waals surface area contributed by atoms with E-state index in [1.165, 1.54) is 10.8 Å². The van der Waals surface area contributed by atoms with Crippen LogP contribution in [-0.4, -0.2) is 19.9 Å². The van der Waals surface area contributed by atoms with Crippen molar-refractivity contribution < 1.29 is 0 Å². The number of rotatable bonds is 3. The highest BCUT2D eigenvalue weighted by molar-refractivity contribution is 7.18. The first kappa shape index (κ1) is 16.7. The van der Waals surface area contributed by atoms with Gasteiger partial charge in [0, 0.05) is 18.0 Å².